The predicted octanol–water partition coefficient (Wildman–Crippen LogP) is 7.19. The molecule has 4 rings (SSSR count). The molecule has 0 spiro atoms. The Balaban J connectivity index is 1.88. The van der Waals surface area contributed by atoms with Gasteiger partial charge in [-0.2, -0.15) is 8.42 Å². The lowest BCUT2D eigenvalue weighted by atomic mass is 9.98. The minimum absolute atomic E-state index is 0.0547. The summed E-state index contributed by atoms with van der Waals surface area (Å²) in [6.45, 7) is 9.32. The summed E-state index contributed by atoms with van der Waals surface area (Å²) in [5, 5.41) is 0. The number of anilines is 2. The van der Waals surface area contributed by atoms with Crippen molar-refractivity contribution in [3.63, 3.8) is 0 Å². The molecule has 2 aromatic carbocycles. The maximum absolute atomic E-state index is 12.2. The molecule has 8 heteroatoms. The SMILES string of the molecule is CCCCC1=CCN(CCCC)C(C(CCS(=O)(=O)O)N2c3ccccc3Oc3ccccc32)N1CCCC. The van der Waals surface area contributed by atoms with Crippen LogP contribution in [0.25, 0.3) is 0 Å². The molecule has 7 nitrogen and oxygen atoms in total. The number of rotatable bonds is 14. The Kier molecular flexibility index (Phi) is 10.3. The topological polar surface area (TPSA) is 73.3 Å². The van der Waals surface area contributed by atoms with Crippen LogP contribution in [0.15, 0.2) is 60.3 Å². The molecule has 2 aliphatic rings. The number of benzene rings is 2. The van der Waals surface area contributed by atoms with E-state index < -0.39 is 10.1 Å². The van der Waals surface area contributed by atoms with E-state index in [1.807, 2.05) is 36.4 Å². The molecule has 0 fully saturated rings. The molecule has 0 saturated carbocycles. The number of fused-ring (bicyclic) bond motifs is 2. The molecular weight excluding hydrogens is 510 g/mol. The molecule has 0 radical (unpaired) electrons. The second-order valence-corrected chi connectivity index (χ2v) is 12.2. The van der Waals surface area contributed by atoms with Gasteiger partial charge in [0.15, 0.2) is 11.5 Å². The zero-order valence-corrected chi connectivity index (χ0v) is 24.6. The molecule has 0 amide bonds. The van der Waals surface area contributed by atoms with Gasteiger partial charge in [-0.25, -0.2) is 0 Å². The van der Waals surface area contributed by atoms with Crippen LogP contribution in [-0.2, 0) is 10.1 Å². The van der Waals surface area contributed by atoms with Gasteiger partial charge in [0.2, 0.25) is 0 Å². The largest absolute Gasteiger partial charge is 0.453 e. The average molecular weight is 556 g/mol. The number of hydrogen-bond donors (Lipinski definition) is 1. The van der Waals surface area contributed by atoms with Gasteiger partial charge in [0.1, 0.15) is 6.17 Å². The second kappa shape index (κ2) is 13.7. The van der Waals surface area contributed by atoms with Crippen molar-refractivity contribution in [1.29, 1.82) is 0 Å². The summed E-state index contributed by atoms with van der Waals surface area (Å²) in [6.07, 6.45) is 10.2. The Bertz CT molecular complexity index is 1170. The molecule has 2 atom stereocenters. The molecule has 1 N–H and O–H groups in total. The first-order valence-electron chi connectivity index (χ1n) is 14.7. The van der Waals surface area contributed by atoms with Crippen LogP contribution < -0.4 is 9.64 Å². The van der Waals surface area contributed by atoms with Crippen LogP contribution in [0.2, 0.25) is 0 Å². The maximum Gasteiger partial charge on any atom is 0.264 e. The lowest BCUT2D eigenvalue weighted by Gasteiger charge is -2.52. The number of unbranched alkanes of at least 4 members (excludes halogenated alkanes) is 3. The van der Waals surface area contributed by atoms with Crippen LogP contribution in [0.4, 0.5) is 11.4 Å². The normalized spacial score (nSPS) is 18.3. The molecule has 0 aromatic heterocycles. The molecule has 0 saturated heterocycles. The summed E-state index contributed by atoms with van der Waals surface area (Å²) < 4.78 is 40.6. The van der Waals surface area contributed by atoms with E-state index in [0.29, 0.717) is 6.42 Å². The van der Waals surface area contributed by atoms with E-state index in [0.717, 1.165) is 87.5 Å². The predicted molar refractivity (Wildman–Crippen MR) is 159 cm³/mol. The van der Waals surface area contributed by atoms with E-state index in [2.05, 4.69) is 53.7 Å². The van der Waals surface area contributed by atoms with Crippen molar-refractivity contribution in [1.82, 2.24) is 9.80 Å². The third-order valence-corrected chi connectivity index (χ3v) is 8.53. The van der Waals surface area contributed by atoms with Crippen LogP contribution in [0.1, 0.15) is 72.1 Å². The van der Waals surface area contributed by atoms with E-state index >= 15 is 0 Å². The number of ether oxygens (including phenoxy) is 1. The van der Waals surface area contributed by atoms with Gasteiger partial charge in [-0.3, -0.25) is 9.45 Å². The van der Waals surface area contributed by atoms with Gasteiger partial charge >= 0.3 is 0 Å². The highest BCUT2D eigenvalue weighted by Gasteiger charge is 2.42. The third-order valence-electron chi connectivity index (χ3n) is 7.78. The molecule has 0 aliphatic carbocycles. The van der Waals surface area contributed by atoms with Crippen molar-refractivity contribution in [2.24, 2.45) is 0 Å². The van der Waals surface area contributed by atoms with Gasteiger partial charge in [0.25, 0.3) is 10.1 Å². The Morgan fingerprint density at radius 2 is 1.49 bits per heavy atom. The fourth-order valence-corrected chi connectivity index (χ4v) is 6.37. The summed E-state index contributed by atoms with van der Waals surface area (Å²) >= 11 is 0. The Morgan fingerprint density at radius 3 is 2.08 bits per heavy atom. The van der Waals surface area contributed by atoms with Gasteiger partial charge in [-0.05, 0) is 56.4 Å². The van der Waals surface area contributed by atoms with Crippen molar-refractivity contribution in [2.45, 2.75) is 84.3 Å². The van der Waals surface area contributed by atoms with Gasteiger partial charge < -0.3 is 14.5 Å². The summed E-state index contributed by atoms with van der Waals surface area (Å²) in [6, 6.07) is 15.7. The highest BCUT2D eigenvalue weighted by atomic mass is 32.2. The smallest absolute Gasteiger partial charge is 0.264 e. The van der Waals surface area contributed by atoms with Crippen LogP contribution in [0.5, 0.6) is 11.5 Å². The van der Waals surface area contributed by atoms with E-state index in [4.69, 9.17) is 4.74 Å². The van der Waals surface area contributed by atoms with Gasteiger partial charge in [-0.1, -0.05) is 70.4 Å². The zero-order chi connectivity index (χ0) is 27.8. The van der Waals surface area contributed by atoms with Crippen molar-refractivity contribution < 1.29 is 17.7 Å². The highest BCUT2D eigenvalue weighted by molar-refractivity contribution is 7.85. The summed E-state index contributed by atoms with van der Waals surface area (Å²) in [5.41, 5.74) is 3.20. The fourth-order valence-electron chi connectivity index (χ4n) is 5.83. The van der Waals surface area contributed by atoms with Crippen LogP contribution in [0.3, 0.4) is 0 Å². The Morgan fingerprint density at radius 1 is 0.897 bits per heavy atom. The first-order chi connectivity index (χ1) is 18.9. The molecule has 0 bridgehead atoms. The first kappa shape index (κ1) is 29.4. The maximum atomic E-state index is 12.2. The van der Waals surface area contributed by atoms with E-state index in [-0.39, 0.29) is 18.0 Å². The monoisotopic (exact) mass is 555 g/mol. The van der Waals surface area contributed by atoms with Gasteiger partial charge in [-0.15, -0.1) is 0 Å². The molecule has 39 heavy (non-hydrogen) atoms. The number of nitrogens with zero attached hydrogens (tertiary/aromatic N) is 3. The standard InChI is InChI=1S/C31H45N3O4S/c1-4-7-14-25-19-23-32(21-8-5-2)31(33(25)22-9-6-3)28(20-24-39(35,36)37)34-26-15-10-12-17-29(26)38-30-18-13-11-16-27(30)34/h10-13,15-19,28,31H,4-9,14,20-24H2,1-3H3,(H,35,36,37). The van der Waals surface area contributed by atoms with Gasteiger partial charge in [0, 0.05) is 25.3 Å². The van der Waals surface area contributed by atoms with E-state index in [9.17, 15) is 13.0 Å². The van der Waals surface area contributed by atoms with E-state index in [1.54, 1.807) is 0 Å². The van der Waals surface area contributed by atoms with Crippen molar-refractivity contribution in [2.75, 3.05) is 30.3 Å². The second-order valence-electron chi connectivity index (χ2n) is 10.7. The molecule has 2 aromatic rings. The van der Waals surface area contributed by atoms with Crippen LogP contribution >= 0.6 is 0 Å². The lowest BCUT2D eigenvalue weighted by molar-refractivity contribution is 0.0347. The lowest BCUT2D eigenvalue weighted by Crippen LogP contribution is -2.61. The van der Waals surface area contributed by atoms with Crippen molar-refractivity contribution >= 4 is 21.5 Å². The minimum atomic E-state index is -4.16. The Hall–Kier alpha value is -2.55. The summed E-state index contributed by atoms with van der Waals surface area (Å²) in [4.78, 5) is 7.35. The van der Waals surface area contributed by atoms with Crippen LogP contribution in [-0.4, -0.2) is 60.4 Å². The minimum Gasteiger partial charge on any atom is -0.453 e. The third kappa shape index (κ3) is 7.16. The number of para-hydroxylation sites is 4. The zero-order valence-electron chi connectivity index (χ0n) is 23.8. The molecule has 2 heterocycles. The molecular formula is C31H45N3O4S. The number of hydrogen-bond acceptors (Lipinski definition) is 6. The quantitative estimate of drug-likeness (QED) is 0.247. The molecule has 214 valence electrons. The number of allylic oxidation sites excluding steroid dienone is 1. The summed E-state index contributed by atoms with van der Waals surface area (Å²) in [5.74, 6) is 1.21. The average Bonchev–Trinajstić information content (AvgIpc) is 2.93. The van der Waals surface area contributed by atoms with Crippen molar-refractivity contribution in [3.8, 4) is 11.5 Å². The highest BCUT2D eigenvalue weighted by Crippen LogP contribution is 2.49. The van der Waals surface area contributed by atoms with Crippen LogP contribution in [0, 0.1) is 0 Å². The van der Waals surface area contributed by atoms with Crippen molar-refractivity contribution in [3.05, 3.63) is 60.3 Å². The first-order valence-corrected chi connectivity index (χ1v) is 16.3. The van der Waals surface area contributed by atoms with Gasteiger partial charge in [0.05, 0.1) is 23.2 Å². The molecule has 2 unspecified atom stereocenters. The Labute approximate surface area is 235 Å². The van der Waals surface area contributed by atoms with E-state index in [1.165, 1.54) is 5.70 Å². The fraction of sp³-hybridized carbons (Fsp3) is 0.548. The summed E-state index contributed by atoms with van der Waals surface area (Å²) in [7, 11) is -4.16. The molecule has 2 aliphatic heterocycles.